The van der Waals surface area contributed by atoms with Crippen molar-refractivity contribution in [2.45, 2.75) is 37.3 Å². The molecular weight excluding hydrogens is 600 g/mol. The summed E-state index contributed by atoms with van der Waals surface area (Å²) in [7, 11) is 0. The molecule has 7 heteroatoms. The summed E-state index contributed by atoms with van der Waals surface area (Å²) in [6.45, 7) is 5.77. The fraction of sp³-hybridized carbons (Fsp3) is 0.176. The zero-order valence-corrected chi connectivity index (χ0v) is 25.6. The van der Waals surface area contributed by atoms with Crippen LogP contribution in [0.1, 0.15) is 32.1 Å². The molecule has 0 bridgehead atoms. The molecule has 0 aliphatic carbocycles. The Balaban J connectivity index is 1.44. The zero-order chi connectivity index (χ0) is 28.9. The van der Waals surface area contributed by atoms with Crippen LogP contribution in [0.5, 0.6) is 5.75 Å². The minimum atomic E-state index is -0.997. The first kappa shape index (κ1) is 28.9. The molecule has 1 heterocycles. The summed E-state index contributed by atoms with van der Waals surface area (Å²) in [5.74, 6) is -0.657. The molecule has 4 aromatic carbocycles. The summed E-state index contributed by atoms with van der Waals surface area (Å²) in [6, 6.07) is 29.6. The van der Waals surface area contributed by atoms with Crippen LogP contribution in [0.3, 0.4) is 0 Å². The molecule has 0 amide bonds. The van der Waals surface area contributed by atoms with E-state index in [1.165, 1.54) is 33.3 Å². The third kappa shape index (κ3) is 7.36. The van der Waals surface area contributed by atoms with Gasteiger partial charge in [-0.1, -0.05) is 0 Å². The second kappa shape index (κ2) is 12.9. The van der Waals surface area contributed by atoms with Crippen LogP contribution in [-0.4, -0.2) is 37.2 Å². The van der Waals surface area contributed by atoms with Gasteiger partial charge in [0, 0.05) is 0 Å². The minimum absolute atomic E-state index is 0.0879. The fourth-order valence-electron chi connectivity index (χ4n) is 4.57. The van der Waals surface area contributed by atoms with E-state index in [4.69, 9.17) is 14.8 Å². The number of hydrogen-bond acceptors (Lipinski definition) is 4. The molecule has 0 fully saturated rings. The summed E-state index contributed by atoms with van der Waals surface area (Å²) in [5.41, 5.74) is 7.64. The van der Waals surface area contributed by atoms with Gasteiger partial charge < -0.3 is 0 Å². The molecule has 0 saturated carbocycles. The monoisotopic (exact) mass is 631 g/mol. The Morgan fingerprint density at radius 3 is 2.17 bits per heavy atom. The maximum absolute atomic E-state index is 13.4. The number of halogens is 1. The average molecular weight is 631 g/mol. The first-order valence-corrected chi connectivity index (χ1v) is 15.9. The molecule has 208 valence electrons. The van der Waals surface area contributed by atoms with Crippen molar-refractivity contribution in [3.8, 4) is 27.0 Å². The number of carboxylic acid groups (broad SMARTS) is 1. The zero-order valence-electron chi connectivity index (χ0n) is 23.1. The van der Waals surface area contributed by atoms with Gasteiger partial charge >= 0.3 is 251 Å². The van der Waals surface area contributed by atoms with Crippen LogP contribution in [-0.2, 0) is 11.2 Å². The number of carboxylic acids is 1. The molecule has 5 rings (SSSR count). The van der Waals surface area contributed by atoms with E-state index in [1.807, 2.05) is 19.1 Å². The Labute approximate surface area is 250 Å². The topological polar surface area (TPSA) is 59.4 Å². The van der Waals surface area contributed by atoms with E-state index >= 15 is 0 Å². The van der Waals surface area contributed by atoms with Gasteiger partial charge in [-0.15, -0.1) is 0 Å². The van der Waals surface area contributed by atoms with Crippen molar-refractivity contribution in [1.29, 1.82) is 0 Å². The van der Waals surface area contributed by atoms with Gasteiger partial charge in [-0.25, -0.2) is 0 Å². The second-order valence-corrected chi connectivity index (χ2v) is 13.4. The van der Waals surface area contributed by atoms with Gasteiger partial charge in [-0.3, -0.25) is 0 Å². The Kier molecular flexibility index (Phi) is 9.09. The second-order valence-electron chi connectivity index (χ2n) is 9.96. The summed E-state index contributed by atoms with van der Waals surface area (Å²) >= 11 is 1.89. The number of ether oxygens (including phenoxy) is 1. The van der Waals surface area contributed by atoms with E-state index in [2.05, 4.69) is 68.4 Å². The van der Waals surface area contributed by atoms with Crippen molar-refractivity contribution >= 4 is 32.2 Å². The Morgan fingerprint density at radius 2 is 1.54 bits per heavy atom. The molecule has 5 aromatic rings. The molecule has 1 aromatic heterocycles. The van der Waals surface area contributed by atoms with Gasteiger partial charge in [-0.05, 0) is 0 Å². The van der Waals surface area contributed by atoms with E-state index in [9.17, 15) is 9.18 Å². The third-order valence-corrected chi connectivity index (χ3v) is 11.1. The van der Waals surface area contributed by atoms with Crippen molar-refractivity contribution in [2.75, 3.05) is 6.61 Å². The van der Waals surface area contributed by atoms with Gasteiger partial charge in [0.05, 0.1) is 0 Å². The van der Waals surface area contributed by atoms with E-state index in [1.54, 1.807) is 23.9 Å². The van der Waals surface area contributed by atoms with Crippen molar-refractivity contribution in [1.82, 2.24) is 4.98 Å². The number of carbonyl (C=O) groups is 1. The third-order valence-electron chi connectivity index (χ3n) is 6.75. The number of hydrogen-bond donors (Lipinski definition) is 1. The van der Waals surface area contributed by atoms with Crippen molar-refractivity contribution in [2.24, 2.45) is 0 Å². The Morgan fingerprint density at radius 1 is 0.902 bits per heavy atom. The van der Waals surface area contributed by atoms with Gasteiger partial charge in [0.15, 0.2) is 0 Å². The molecule has 1 unspecified atom stereocenters. The molecule has 0 aliphatic rings. The molecule has 0 spiro atoms. The number of benzene rings is 4. The van der Waals surface area contributed by atoms with Gasteiger partial charge in [-0.2, -0.15) is 0 Å². The van der Waals surface area contributed by atoms with Crippen LogP contribution in [0, 0.1) is 26.6 Å². The molecule has 1 atom stereocenters. The number of nitrogens with zero attached hydrogens (tertiary/aromatic N) is 1. The number of aromatic nitrogens is 1. The number of thioether (sulfide) groups is 1. The molecule has 4 nitrogen and oxygen atoms in total. The molecule has 0 aliphatic heterocycles. The van der Waals surface area contributed by atoms with Gasteiger partial charge in [0.1, 0.15) is 0 Å². The first-order chi connectivity index (χ1) is 19.7. The molecule has 41 heavy (non-hydrogen) atoms. The Hall–Kier alpha value is -3.64. The standard InChI is InChI=1S/C34H30FNO3SSe/c1-21-4-8-27(9-5-21)34-36-23(3)33(41-34)31(40-29-16-17-30(22(2)18-29)39-20-32(37)38)19-24-6-10-25(11-7-24)26-12-14-28(35)15-13-26/h4-18,31H,19-20H2,1-3H3,(H,37,38). The quantitative estimate of drug-likeness (QED) is 0.125. The number of aliphatic carboxylic acids is 1. The summed E-state index contributed by atoms with van der Waals surface area (Å²) < 4.78 is 21.4. The van der Waals surface area contributed by atoms with Crippen molar-refractivity contribution in [3.63, 3.8) is 0 Å². The predicted molar refractivity (Wildman–Crippen MR) is 165 cm³/mol. The van der Waals surface area contributed by atoms with Crippen LogP contribution < -0.4 is 4.74 Å². The van der Waals surface area contributed by atoms with E-state index in [0.717, 1.165) is 38.3 Å². The number of aryl methyl sites for hydroxylation is 3. The van der Waals surface area contributed by atoms with Crippen LogP contribution in [0.15, 0.2) is 95.9 Å². The predicted octanol–water partition coefficient (Wildman–Crippen LogP) is 8.08. The summed E-state index contributed by atoms with van der Waals surface area (Å²) in [4.78, 5) is 17.1. The SMILES string of the molecule is Cc1ccc(-c2nc(C)c(C(Cc3ccc(-c4ccc(F)cc4)cc3)Sc3ccc(OCC(=O)O)c(C)c3)[se]2)cc1. The van der Waals surface area contributed by atoms with E-state index in [0.29, 0.717) is 5.75 Å². The van der Waals surface area contributed by atoms with Crippen LogP contribution in [0.2, 0.25) is 0 Å². The average Bonchev–Trinajstić information content (AvgIpc) is 3.35. The molecule has 0 radical (unpaired) electrons. The normalized spacial score (nSPS) is 11.8. The number of rotatable bonds is 10. The Bertz CT molecular complexity index is 1650. The molecule has 0 saturated heterocycles. The van der Waals surface area contributed by atoms with Crippen molar-refractivity contribution < 1.29 is 19.0 Å². The van der Waals surface area contributed by atoms with Crippen molar-refractivity contribution in [3.05, 3.63) is 124 Å². The summed E-state index contributed by atoms with van der Waals surface area (Å²) in [5, 5.41) is 9.15. The van der Waals surface area contributed by atoms with Gasteiger partial charge in [0.2, 0.25) is 0 Å². The maximum atomic E-state index is 13.4. The van der Waals surface area contributed by atoms with Gasteiger partial charge in [0.25, 0.3) is 0 Å². The molecule has 1 N–H and O–H groups in total. The van der Waals surface area contributed by atoms with Crippen LogP contribution >= 0.6 is 11.8 Å². The van der Waals surface area contributed by atoms with E-state index < -0.39 is 5.97 Å². The van der Waals surface area contributed by atoms with Crippen LogP contribution in [0.4, 0.5) is 4.39 Å². The fourth-order valence-corrected chi connectivity index (χ4v) is 8.60. The van der Waals surface area contributed by atoms with Crippen LogP contribution in [0.25, 0.3) is 21.3 Å². The summed E-state index contributed by atoms with van der Waals surface area (Å²) in [6.07, 6.45) is 0.829. The first-order valence-electron chi connectivity index (χ1n) is 13.3. The molecular formula is C34H30FNO3SSe. The van der Waals surface area contributed by atoms with E-state index in [-0.39, 0.29) is 32.2 Å².